The number of hydrogen-bond acceptors (Lipinski definition) is 4. The smallest absolute Gasteiger partial charge is 0.261 e. The first-order valence-corrected chi connectivity index (χ1v) is 10.8. The molecule has 0 aliphatic carbocycles. The Labute approximate surface area is 186 Å². The van der Waals surface area contributed by atoms with Gasteiger partial charge in [0.2, 0.25) is 5.91 Å². The summed E-state index contributed by atoms with van der Waals surface area (Å²) in [6.45, 7) is 4.52. The second kappa shape index (κ2) is 12.2. The summed E-state index contributed by atoms with van der Waals surface area (Å²) in [7, 11) is 1.60. The average Bonchev–Trinajstić information content (AvgIpc) is 2.76. The third-order valence-corrected chi connectivity index (χ3v) is 5.19. The number of carbonyl (C=O) groups is 2. The first kappa shape index (κ1) is 23.7. The number of ether oxygens (including phenoxy) is 2. The van der Waals surface area contributed by atoms with E-state index in [-0.39, 0.29) is 25.0 Å². The molecule has 0 radical (unpaired) electrons. The molecule has 0 saturated carbocycles. The predicted octanol–water partition coefficient (Wildman–Crippen LogP) is 4.17. The zero-order valence-electron chi connectivity index (χ0n) is 17.7. The Bertz CT molecular complexity index is 826. The van der Waals surface area contributed by atoms with Crippen molar-refractivity contribution in [3.8, 4) is 11.5 Å². The predicted molar refractivity (Wildman–Crippen MR) is 121 cm³/mol. The van der Waals surface area contributed by atoms with Gasteiger partial charge in [0.25, 0.3) is 5.91 Å². The van der Waals surface area contributed by atoms with Crippen molar-refractivity contribution < 1.29 is 19.1 Å². The van der Waals surface area contributed by atoms with Crippen molar-refractivity contribution in [2.45, 2.75) is 39.3 Å². The fraction of sp³-hybridized carbons (Fsp3) is 0.391. The van der Waals surface area contributed by atoms with Crippen molar-refractivity contribution in [3.63, 3.8) is 0 Å². The molecule has 1 unspecified atom stereocenters. The Hall–Kier alpha value is -2.54. The van der Waals surface area contributed by atoms with Crippen LogP contribution in [0.15, 0.2) is 53.0 Å². The second-order valence-electron chi connectivity index (χ2n) is 6.94. The molecule has 2 aromatic carbocycles. The van der Waals surface area contributed by atoms with Gasteiger partial charge in [0, 0.05) is 17.6 Å². The average molecular weight is 477 g/mol. The van der Waals surface area contributed by atoms with Crippen LogP contribution in [0.1, 0.15) is 32.3 Å². The number of benzene rings is 2. The summed E-state index contributed by atoms with van der Waals surface area (Å²) in [5, 5.41) is 2.90. The van der Waals surface area contributed by atoms with Crippen LogP contribution >= 0.6 is 15.9 Å². The summed E-state index contributed by atoms with van der Waals surface area (Å²) in [5.74, 6) is 0.848. The van der Waals surface area contributed by atoms with E-state index in [4.69, 9.17) is 9.47 Å². The molecule has 0 aliphatic heterocycles. The van der Waals surface area contributed by atoms with Crippen LogP contribution < -0.4 is 14.8 Å². The Morgan fingerprint density at radius 3 is 2.53 bits per heavy atom. The number of nitrogens with zero attached hydrogens (tertiary/aromatic N) is 1. The Kier molecular flexibility index (Phi) is 9.67. The molecule has 0 bridgehead atoms. The van der Waals surface area contributed by atoms with Gasteiger partial charge in [-0.3, -0.25) is 9.59 Å². The molecule has 2 aromatic rings. The Morgan fingerprint density at radius 1 is 1.13 bits per heavy atom. The van der Waals surface area contributed by atoms with Gasteiger partial charge in [-0.25, -0.2) is 0 Å². The van der Waals surface area contributed by atoms with E-state index in [9.17, 15) is 9.59 Å². The Morgan fingerprint density at radius 2 is 1.87 bits per heavy atom. The van der Waals surface area contributed by atoms with Gasteiger partial charge in [0.1, 0.15) is 17.5 Å². The van der Waals surface area contributed by atoms with Gasteiger partial charge in [-0.05, 0) is 55.3 Å². The summed E-state index contributed by atoms with van der Waals surface area (Å²) in [5.41, 5.74) is 0.875. The van der Waals surface area contributed by atoms with Crippen LogP contribution in [-0.4, -0.2) is 43.0 Å². The third-order valence-electron chi connectivity index (χ3n) is 4.66. The molecule has 162 valence electrons. The lowest BCUT2D eigenvalue weighted by Crippen LogP contribution is -2.49. The van der Waals surface area contributed by atoms with E-state index in [1.165, 1.54) is 4.90 Å². The van der Waals surface area contributed by atoms with Gasteiger partial charge >= 0.3 is 0 Å². The summed E-state index contributed by atoms with van der Waals surface area (Å²) in [4.78, 5) is 27.1. The fourth-order valence-corrected chi connectivity index (χ4v) is 3.11. The lowest BCUT2D eigenvalue weighted by atomic mass is 10.1. The maximum absolute atomic E-state index is 13.0. The van der Waals surface area contributed by atoms with Crippen LogP contribution in [0.5, 0.6) is 11.5 Å². The number of amides is 2. The number of unbranched alkanes of at least 4 members (excludes halogenated alkanes) is 1. The quantitative estimate of drug-likeness (QED) is 0.494. The standard InChI is InChI=1S/C23H29BrN2O4/c1-4-5-13-25-23(28)17(2)26(15-18-7-6-8-21(14-18)29-3)22(27)16-30-20-11-9-19(24)10-12-20/h6-12,14,17H,4-5,13,15-16H2,1-3H3,(H,25,28). The topological polar surface area (TPSA) is 67.9 Å². The monoisotopic (exact) mass is 476 g/mol. The highest BCUT2D eigenvalue weighted by Gasteiger charge is 2.26. The molecule has 1 atom stereocenters. The molecule has 7 heteroatoms. The third kappa shape index (κ3) is 7.37. The largest absolute Gasteiger partial charge is 0.497 e. The van der Waals surface area contributed by atoms with Crippen molar-refractivity contribution in [2.24, 2.45) is 0 Å². The van der Waals surface area contributed by atoms with Crippen molar-refractivity contribution >= 4 is 27.7 Å². The van der Waals surface area contributed by atoms with Gasteiger partial charge in [0.05, 0.1) is 7.11 Å². The van der Waals surface area contributed by atoms with E-state index in [0.29, 0.717) is 18.0 Å². The summed E-state index contributed by atoms with van der Waals surface area (Å²) < 4.78 is 11.8. The molecule has 30 heavy (non-hydrogen) atoms. The maximum Gasteiger partial charge on any atom is 0.261 e. The molecule has 0 aromatic heterocycles. The van der Waals surface area contributed by atoms with Gasteiger partial charge in [-0.15, -0.1) is 0 Å². The second-order valence-corrected chi connectivity index (χ2v) is 7.85. The SMILES string of the molecule is CCCCNC(=O)C(C)N(Cc1cccc(OC)c1)C(=O)COc1ccc(Br)cc1. The van der Waals surface area contributed by atoms with Crippen LogP contribution in [0, 0.1) is 0 Å². The van der Waals surface area contributed by atoms with Crippen LogP contribution in [-0.2, 0) is 16.1 Å². The van der Waals surface area contributed by atoms with Crippen molar-refractivity contribution in [3.05, 3.63) is 58.6 Å². The highest BCUT2D eigenvalue weighted by Crippen LogP contribution is 2.18. The molecular formula is C23H29BrN2O4. The molecule has 6 nitrogen and oxygen atoms in total. The Balaban J connectivity index is 2.12. The highest BCUT2D eigenvalue weighted by molar-refractivity contribution is 9.10. The highest BCUT2D eigenvalue weighted by atomic mass is 79.9. The lowest BCUT2D eigenvalue weighted by Gasteiger charge is -2.29. The number of hydrogen-bond donors (Lipinski definition) is 1. The van der Waals surface area contributed by atoms with Gasteiger partial charge in [0.15, 0.2) is 6.61 Å². The van der Waals surface area contributed by atoms with Crippen molar-refractivity contribution in [1.29, 1.82) is 0 Å². The molecule has 0 saturated heterocycles. The number of methoxy groups -OCH3 is 1. The lowest BCUT2D eigenvalue weighted by molar-refractivity contribution is -0.142. The number of nitrogens with one attached hydrogen (secondary N) is 1. The molecule has 0 fully saturated rings. The normalized spacial score (nSPS) is 11.5. The number of halogens is 1. The van der Waals surface area contributed by atoms with E-state index >= 15 is 0 Å². The van der Waals surface area contributed by atoms with E-state index in [2.05, 4.69) is 28.2 Å². The molecule has 0 spiro atoms. The van der Waals surface area contributed by atoms with E-state index < -0.39 is 6.04 Å². The van der Waals surface area contributed by atoms with Crippen molar-refractivity contribution in [2.75, 3.05) is 20.3 Å². The molecule has 2 amide bonds. The summed E-state index contributed by atoms with van der Waals surface area (Å²) in [6, 6.07) is 14.1. The number of carbonyl (C=O) groups excluding carboxylic acids is 2. The molecule has 1 N–H and O–H groups in total. The molecule has 2 rings (SSSR count). The first-order valence-electron chi connectivity index (χ1n) is 10.0. The summed E-state index contributed by atoms with van der Waals surface area (Å²) in [6.07, 6.45) is 1.89. The number of rotatable bonds is 11. The van der Waals surface area contributed by atoms with Crippen LogP contribution in [0.4, 0.5) is 0 Å². The van der Waals surface area contributed by atoms with E-state index in [1.54, 1.807) is 26.2 Å². The molecular weight excluding hydrogens is 448 g/mol. The van der Waals surface area contributed by atoms with E-state index in [1.807, 2.05) is 36.4 Å². The minimum Gasteiger partial charge on any atom is -0.497 e. The van der Waals surface area contributed by atoms with Crippen LogP contribution in [0.25, 0.3) is 0 Å². The van der Waals surface area contributed by atoms with Gasteiger partial charge < -0.3 is 19.7 Å². The zero-order valence-corrected chi connectivity index (χ0v) is 19.3. The fourth-order valence-electron chi connectivity index (χ4n) is 2.85. The molecule has 0 heterocycles. The minimum absolute atomic E-state index is 0.155. The van der Waals surface area contributed by atoms with E-state index in [0.717, 1.165) is 22.9 Å². The zero-order chi connectivity index (χ0) is 21.9. The van der Waals surface area contributed by atoms with Crippen LogP contribution in [0.2, 0.25) is 0 Å². The minimum atomic E-state index is -0.630. The van der Waals surface area contributed by atoms with Crippen molar-refractivity contribution in [1.82, 2.24) is 10.2 Å². The maximum atomic E-state index is 13.0. The molecule has 0 aliphatic rings. The summed E-state index contributed by atoms with van der Waals surface area (Å²) >= 11 is 3.37. The van der Waals surface area contributed by atoms with Gasteiger partial charge in [-0.1, -0.05) is 41.4 Å². The van der Waals surface area contributed by atoms with Crippen LogP contribution in [0.3, 0.4) is 0 Å². The van der Waals surface area contributed by atoms with Gasteiger partial charge in [-0.2, -0.15) is 0 Å². The first-order chi connectivity index (χ1) is 14.4.